The van der Waals surface area contributed by atoms with E-state index in [0.717, 1.165) is 11.1 Å². The van der Waals surface area contributed by atoms with Crippen LogP contribution in [-0.2, 0) is 13.2 Å². The Labute approximate surface area is 109 Å². The topological polar surface area (TPSA) is 86.7 Å². The Morgan fingerprint density at radius 1 is 1.16 bits per heavy atom. The predicted octanol–water partition coefficient (Wildman–Crippen LogP) is 1.46. The molecular weight excluding hydrogens is 242 g/mol. The quantitative estimate of drug-likeness (QED) is 0.657. The van der Waals surface area contributed by atoms with E-state index < -0.39 is 0 Å². The van der Waals surface area contributed by atoms with E-state index in [1.54, 1.807) is 6.33 Å². The average molecular weight is 255 g/mol. The molecule has 0 atom stereocenters. The highest BCUT2D eigenvalue weighted by molar-refractivity contribution is 5.82. The van der Waals surface area contributed by atoms with Crippen LogP contribution >= 0.6 is 0 Å². The Bertz CT molecular complexity index is 680. The third-order valence-electron chi connectivity index (χ3n) is 2.78. The number of aromatic nitrogens is 4. The van der Waals surface area contributed by atoms with E-state index in [1.165, 1.54) is 0 Å². The van der Waals surface area contributed by atoms with Gasteiger partial charge in [0, 0.05) is 6.54 Å². The van der Waals surface area contributed by atoms with Crippen LogP contribution in [0, 0.1) is 0 Å². The fourth-order valence-electron chi connectivity index (χ4n) is 1.86. The fraction of sp³-hybridized carbons (Fsp3) is 0.154. The fourth-order valence-corrected chi connectivity index (χ4v) is 1.86. The number of nitrogens with one attached hydrogen (secondary N) is 2. The molecule has 0 saturated carbocycles. The molecule has 0 saturated heterocycles. The largest absolute Gasteiger partial charge is 0.388 e. The Morgan fingerprint density at radius 2 is 2.00 bits per heavy atom. The molecule has 0 spiro atoms. The van der Waals surface area contributed by atoms with Crippen LogP contribution in [0.5, 0.6) is 0 Å². The van der Waals surface area contributed by atoms with Gasteiger partial charge in [-0.3, -0.25) is 0 Å². The highest BCUT2D eigenvalue weighted by Gasteiger charge is 2.08. The summed E-state index contributed by atoms with van der Waals surface area (Å²) >= 11 is 0. The van der Waals surface area contributed by atoms with Crippen LogP contribution in [0.25, 0.3) is 11.2 Å². The van der Waals surface area contributed by atoms with Crippen LogP contribution in [0.3, 0.4) is 0 Å². The molecule has 19 heavy (non-hydrogen) atoms. The van der Waals surface area contributed by atoms with E-state index in [-0.39, 0.29) is 6.61 Å². The van der Waals surface area contributed by atoms with Crippen molar-refractivity contribution < 1.29 is 5.11 Å². The molecule has 0 radical (unpaired) electrons. The molecule has 0 unspecified atom stereocenters. The van der Waals surface area contributed by atoms with Gasteiger partial charge in [0.05, 0.1) is 6.33 Å². The van der Waals surface area contributed by atoms with Crippen molar-refractivity contribution in [1.29, 1.82) is 0 Å². The standard InChI is InChI=1S/C13H13N5O/c19-7-10-17-12(11-13(18-10)16-8-15-11)14-6-9-4-2-1-3-5-9/h1-5,8,19H,6-7H2,(H2,14,15,16,17,18). The van der Waals surface area contributed by atoms with Gasteiger partial charge in [0.25, 0.3) is 0 Å². The maximum atomic E-state index is 9.15. The van der Waals surface area contributed by atoms with E-state index in [4.69, 9.17) is 5.11 Å². The van der Waals surface area contributed by atoms with Gasteiger partial charge in [-0.25, -0.2) is 15.0 Å². The van der Waals surface area contributed by atoms with Crippen LogP contribution in [0.15, 0.2) is 36.7 Å². The summed E-state index contributed by atoms with van der Waals surface area (Å²) in [7, 11) is 0. The van der Waals surface area contributed by atoms with Crippen molar-refractivity contribution in [3.63, 3.8) is 0 Å². The minimum absolute atomic E-state index is 0.206. The molecule has 3 aromatic rings. The van der Waals surface area contributed by atoms with Crippen LogP contribution in [0.1, 0.15) is 11.4 Å². The molecule has 0 amide bonds. The summed E-state index contributed by atoms with van der Waals surface area (Å²) in [4.78, 5) is 15.5. The molecule has 2 heterocycles. The molecule has 0 aliphatic heterocycles. The zero-order valence-electron chi connectivity index (χ0n) is 10.2. The summed E-state index contributed by atoms with van der Waals surface area (Å²) in [6, 6.07) is 10.0. The number of imidazole rings is 1. The zero-order valence-corrected chi connectivity index (χ0v) is 10.2. The number of hydrogen-bond donors (Lipinski definition) is 3. The number of fused-ring (bicyclic) bond motifs is 1. The Hall–Kier alpha value is -2.47. The molecule has 1 aromatic carbocycles. The second-order valence-corrected chi connectivity index (χ2v) is 4.09. The summed E-state index contributed by atoms with van der Waals surface area (Å²) in [6.07, 6.45) is 1.56. The summed E-state index contributed by atoms with van der Waals surface area (Å²) in [5.41, 5.74) is 2.45. The minimum atomic E-state index is -0.206. The Balaban J connectivity index is 1.89. The molecule has 3 rings (SSSR count). The predicted molar refractivity (Wildman–Crippen MR) is 71.4 cm³/mol. The van der Waals surface area contributed by atoms with E-state index in [9.17, 15) is 0 Å². The minimum Gasteiger partial charge on any atom is -0.388 e. The van der Waals surface area contributed by atoms with Crippen LogP contribution in [-0.4, -0.2) is 25.0 Å². The van der Waals surface area contributed by atoms with Crippen molar-refractivity contribution >= 4 is 17.0 Å². The number of anilines is 1. The van der Waals surface area contributed by atoms with Crippen molar-refractivity contribution in [3.8, 4) is 0 Å². The van der Waals surface area contributed by atoms with Gasteiger partial charge in [-0.05, 0) is 5.56 Å². The first-order valence-corrected chi connectivity index (χ1v) is 5.95. The van der Waals surface area contributed by atoms with Gasteiger partial charge in [0.15, 0.2) is 17.3 Å². The number of nitrogens with zero attached hydrogens (tertiary/aromatic N) is 3. The van der Waals surface area contributed by atoms with Gasteiger partial charge in [0.2, 0.25) is 0 Å². The average Bonchev–Trinajstić information content (AvgIpc) is 2.94. The van der Waals surface area contributed by atoms with E-state index in [1.807, 2.05) is 30.3 Å². The molecule has 0 aliphatic rings. The Morgan fingerprint density at radius 3 is 2.79 bits per heavy atom. The van der Waals surface area contributed by atoms with Gasteiger partial charge < -0.3 is 15.4 Å². The van der Waals surface area contributed by atoms with Crippen molar-refractivity contribution in [2.75, 3.05) is 5.32 Å². The van der Waals surface area contributed by atoms with Gasteiger partial charge in [-0.15, -0.1) is 0 Å². The van der Waals surface area contributed by atoms with Gasteiger partial charge >= 0.3 is 0 Å². The van der Waals surface area contributed by atoms with Crippen LogP contribution in [0.4, 0.5) is 5.82 Å². The number of rotatable bonds is 4. The van der Waals surface area contributed by atoms with Crippen molar-refractivity contribution in [2.24, 2.45) is 0 Å². The van der Waals surface area contributed by atoms with Crippen molar-refractivity contribution in [1.82, 2.24) is 19.9 Å². The van der Waals surface area contributed by atoms with Crippen LogP contribution < -0.4 is 5.32 Å². The molecule has 96 valence electrons. The van der Waals surface area contributed by atoms with Gasteiger partial charge in [-0.1, -0.05) is 30.3 Å². The highest BCUT2D eigenvalue weighted by Crippen LogP contribution is 2.17. The monoisotopic (exact) mass is 255 g/mol. The number of aliphatic hydroxyl groups excluding tert-OH is 1. The lowest BCUT2D eigenvalue weighted by Crippen LogP contribution is -2.05. The molecular formula is C13H13N5O. The second-order valence-electron chi connectivity index (χ2n) is 4.09. The second kappa shape index (κ2) is 5.03. The molecule has 6 heteroatoms. The lowest BCUT2D eigenvalue weighted by atomic mass is 10.2. The van der Waals surface area contributed by atoms with Crippen molar-refractivity contribution in [2.45, 2.75) is 13.2 Å². The SMILES string of the molecule is OCc1nc(NCc2ccccc2)c2[nH]cnc2n1. The summed E-state index contributed by atoms with van der Waals surface area (Å²) in [6.45, 7) is 0.444. The molecule has 0 aliphatic carbocycles. The smallest absolute Gasteiger partial charge is 0.183 e. The number of aromatic amines is 1. The third kappa shape index (κ3) is 2.38. The lowest BCUT2D eigenvalue weighted by Gasteiger charge is -2.07. The molecule has 3 N–H and O–H groups in total. The molecule has 2 aromatic heterocycles. The number of aliphatic hydroxyl groups is 1. The van der Waals surface area contributed by atoms with E-state index in [2.05, 4.69) is 25.3 Å². The molecule has 6 nitrogen and oxygen atoms in total. The summed E-state index contributed by atoms with van der Waals surface area (Å²) in [5.74, 6) is 1.01. The maximum absolute atomic E-state index is 9.15. The number of H-pyrrole nitrogens is 1. The van der Waals surface area contributed by atoms with E-state index in [0.29, 0.717) is 23.8 Å². The number of hydrogen-bond acceptors (Lipinski definition) is 5. The van der Waals surface area contributed by atoms with E-state index >= 15 is 0 Å². The van der Waals surface area contributed by atoms with Crippen LogP contribution in [0.2, 0.25) is 0 Å². The first kappa shape index (κ1) is 11.6. The summed E-state index contributed by atoms with van der Waals surface area (Å²) < 4.78 is 0. The highest BCUT2D eigenvalue weighted by atomic mass is 16.3. The molecule has 0 bridgehead atoms. The first-order chi connectivity index (χ1) is 9.36. The normalized spacial score (nSPS) is 10.8. The number of benzene rings is 1. The first-order valence-electron chi connectivity index (χ1n) is 5.95. The zero-order chi connectivity index (χ0) is 13.1. The van der Waals surface area contributed by atoms with Gasteiger partial charge in [0.1, 0.15) is 12.1 Å². The Kier molecular flexibility index (Phi) is 3.07. The van der Waals surface area contributed by atoms with Gasteiger partial charge in [-0.2, -0.15) is 0 Å². The van der Waals surface area contributed by atoms with Crippen molar-refractivity contribution in [3.05, 3.63) is 48.0 Å². The summed E-state index contributed by atoms with van der Waals surface area (Å²) in [5, 5.41) is 12.4. The lowest BCUT2D eigenvalue weighted by molar-refractivity contribution is 0.272. The maximum Gasteiger partial charge on any atom is 0.183 e. The third-order valence-corrected chi connectivity index (χ3v) is 2.78. The molecule has 0 fully saturated rings.